The average Bonchev–Trinajstić information content (AvgIpc) is 2.45. The fourth-order valence-electron chi connectivity index (χ4n) is 1.97. The smallest absolute Gasteiger partial charge is 0.255 e. The van der Waals surface area contributed by atoms with Crippen molar-refractivity contribution < 1.29 is 4.79 Å². The van der Waals surface area contributed by atoms with E-state index in [2.05, 4.69) is 26.6 Å². The van der Waals surface area contributed by atoms with Crippen LogP contribution in [0.15, 0.2) is 40.9 Å². The molecule has 0 saturated carbocycles. The highest BCUT2D eigenvalue weighted by atomic mass is 79.9. The molecule has 2 N–H and O–H groups in total. The molecule has 0 aliphatic carbocycles. The molecule has 2 rings (SSSR count). The van der Waals surface area contributed by atoms with Gasteiger partial charge in [0.1, 0.15) is 0 Å². The number of carbonyl (C=O) groups is 1. The molecule has 0 aliphatic rings. The largest absolute Gasteiger partial charge is 0.385 e. The summed E-state index contributed by atoms with van der Waals surface area (Å²) < 4.78 is 0.799. The molecule has 0 bridgehead atoms. The summed E-state index contributed by atoms with van der Waals surface area (Å²) in [6, 6.07) is 10.9. The van der Waals surface area contributed by atoms with Crippen LogP contribution in [-0.2, 0) is 0 Å². The van der Waals surface area contributed by atoms with Crippen molar-refractivity contribution >= 4 is 44.8 Å². The molecule has 0 atom stereocenters. The van der Waals surface area contributed by atoms with Gasteiger partial charge in [0.2, 0.25) is 0 Å². The molecule has 3 nitrogen and oxygen atoms in total. The maximum absolute atomic E-state index is 12.2. The minimum Gasteiger partial charge on any atom is -0.385 e. The van der Waals surface area contributed by atoms with E-state index in [0.717, 1.165) is 22.3 Å². The van der Waals surface area contributed by atoms with E-state index in [9.17, 15) is 4.79 Å². The Balaban J connectivity index is 2.16. The Morgan fingerprint density at radius 2 is 2.00 bits per heavy atom. The predicted molar refractivity (Wildman–Crippen MR) is 92.4 cm³/mol. The van der Waals surface area contributed by atoms with Crippen LogP contribution >= 0.6 is 27.5 Å². The molecule has 0 radical (unpaired) electrons. The first-order chi connectivity index (χ1) is 10.0. The Labute approximate surface area is 137 Å². The molecule has 2 aromatic carbocycles. The fraction of sp³-hybridized carbons (Fsp3) is 0.188. The molecule has 0 saturated heterocycles. The molecule has 0 aliphatic heterocycles. The van der Waals surface area contributed by atoms with Crippen molar-refractivity contribution in [3.05, 3.63) is 57.0 Å². The van der Waals surface area contributed by atoms with Crippen LogP contribution in [-0.4, -0.2) is 12.5 Å². The van der Waals surface area contributed by atoms with Crippen molar-refractivity contribution in [3.8, 4) is 0 Å². The topological polar surface area (TPSA) is 41.1 Å². The molecule has 0 aromatic heterocycles. The van der Waals surface area contributed by atoms with Crippen LogP contribution in [0.5, 0.6) is 0 Å². The number of rotatable bonds is 4. The van der Waals surface area contributed by atoms with Gasteiger partial charge in [-0.1, -0.05) is 11.6 Å². The van der Waals surface area contributed by atoms with Crippen LogP contribution in [0.25, 0.3) is 0 Å². The van der Waals surface area contributed by atoms with Crippen LogP contribution < -0.4 is 10.6 Å². The summed E-state index contributed by atoms with van der Waals surface area (Å²) in [6.07, 6.45) is 0. The number of amides is 1. The number of nitrogens with one attached hydrogen (secondary N) is 2. The van der Waals surface area contributed by atoms with Gasteiger partial charge < -0.3 is 10.6 Å². The number of hydrogen-bond acceptors (Lipinski definition) is 2. The number of hydrogen-bond donors (Lipinski definition) is 2. The molecule has 2 aromatic rings. The predicted octanol–water partition coefficient (Wildman–Crippen LogP) is 5.10. The van der Waals surface area contributed by atoms with E-state index < -0.39 is 0 Å². The molecule has 0 heterocycles. The molecular formula is C16H16BrClN2O. The van der Waals surface area contributed by atoms with Crippen molar-refractivity contribution in [2.24, 2.45) is 0 Å². The molecule has 21 heavy (non-hydrogen) atoms. The van der Waals surface area contributed by atoms with Crippen LogP contribution in [0.4, 0.5) is 11.4 Å². The quantitative estimate of drug-likeness (QED) is 0.790. The minimum atomic E-state index is -0.153. The van der Waals surface area contributed by atoms with Gasteiger partial charge in [-0.3, -0.25) is 4.79 Å². The van der Waals surface area contributed by atoms with Crippen LogP contribution in [0.3, 0.4) is 0 Å². The van der Waals surface area contributed by atoms with E-state index in [1.807, 2.05) is 26.0 Å². The van der Waals surface area contributed by atoms with E-state index in [0.29, 0.717) is 16.3 Å². The summed E-state index contributed by atoms with van der Waals surface area (Å²) in [5.41, 5.74) is 3.37. The third-order valence-corrected chi connectivity index (χ3v) is 4.27. The lowest BCUT2D eigenvalue weighted by Crippen LogP contribution is -2.12. The zero-order chi connectivity index (χ0) is 15.4. The average molecular weight is 368 g/mol. The third-order valence-electron chi connectivity index (χ3n) is 3.03. The first-order valence-corrected chi connectivity index (χ1v) is 7.79. The number of aryl methyl sites for hydroxylation is 1. The van der Waals surface area contributed by atoms with Gasteiger partial charge >= 0.3 is 0 Å². The van der Waals surface area contributed by atoms with E-state index in [1.165, 1.54) is 0 Å². The Morgan fingerprint density at radius 1 is 1.24 bits per heavy atom. The van der Waals surface area contributed by atoms with Gasteiger partial charge in [-0.15, -0.1) is 0 Å². The van der Waals surface area contributed by atoms with Gasteiger partial charge in [-0.25, -0.2) is 0 Å². The molecule has 0 spiro atoms. The summed E-state index contributed by atoms with van der Waals surface area (Å²) in [4.78, 5) is 12.2. The Bertz CT molecular complexity index is 673. The molecule has 5 heteroatoms. The van der Waals surface area contributed by atoms with E-state index in [-0.39, 0.29) is 5.91 Å². The third kappa shape index (κ3) is 3.99. The van der Waals surface area contributed by atoms with E-state index >= 15 is 0 Å². The lowest BCUT2D eigenvalue weighted by molar-refractivity contribution is 0.102. The van der Waals surface area contributed by atoms with Crippen molar-refractivity contribution in [2.45, 2.75) is 13.8 Å². The van der Waals surface area contributed by atoms with E-state index in [4.69, 9.17) is 11.6 Å². The monoisotopic (exact) mass is 366 g/mol. The van der Waals surface area contributed by atoms with Gasteiger partial charge in [0, 0.05) is 28.0 Å². The fourth-order valence-corrected chi connectivity index (χ4v) is 2.40. The maximum Gasteiger partial charge on any atom is 0.255 e. The molecule has 0 fully saturated rings. The normalized spacial score (nSPS) is 10.3. The Kier molecular flexibility index (Phi) is 5.26. The molecular weight excluding hydrogens is 352 g/mol. The van der Waals surface area contributed by atoms with Crippen molar-refractivity contribution in [3.63, 3.8) is 0 Å². The van der Waals surface area contributed by atoms with Crippen LogP contribution in [0, 0.1) is 6.92 Å². The van der Waals surface area contributed by atoms with Gasteiger partial charge in [0.05, 0.1) is 5.02 Å². The van der Waals surface area contributed by atoms with Crippen molar-refractivity contribution in [2.75, 3.05) is 17.2 Å². The van der Waals surface area contributed by atoms with Gasteiger partial charge in [-0.05, 0) is 71.7 Å². The first-order valence-electron chi connectivity index (χ1n) is 6.62. The van der Waals surface area contributed by atoms with Crippen LogP contribution in [0.1, 0.15) is 22.8 Å². The number of halogens is 2. The second kappa shape index (κ2) is 6.96. The van der Waals surface area contributed by atoms with Gasteiger partial charge in [-0.2, -0.15) is 0 Å². The summed E-state index contributed by atoms with van der Waals surface area (Å²) in [5.74, 6) is -0.153. The van der Waals surface area contributed by atoms with Crippen molar-refractivity contribution in [1.29, 1.82) is 0 Å². The van der Waals surface area contributed by atoms with Gasteiger partial charge in [0.25, 0.3) is 5.91 Å². The SMILES string of the molecule is CCNc1ccc(C(=O)Nc2ccc(Br)c(Cl)c2)cc1C. The summed E-state index contributed by atoms with van der Waals surface area (Å²) in [5, 5.41) is 6.65. The number of anilines is 2. The standard InChI is InChI=1S/C16H16BrClN2O/c1-3-19-15-7-4-11(8-10(15)2)16(21)20-12-5-6-13(17)14(18)9-12/h4-9,19H,3H2,1-2H3,(H,20,21). The van der Waals surface area contributed by atoms with Crippen molar-refractivity contribution in [1.82, 2.24) is 0 Å². The number of carbonyl (C=O) groups excluding carboxylic acids is 1. The Morgan fingerprint density at radius 3 is 2.62 bits per heavy atom. The van der Waals surface area contributed by atoms with Crippen LogP contribution in [0.2, 0.25) is 5.02 Å². The zero-order valence-electron chi connectivity index (χ0n) is 11.8. The zero-order valence-corrected chi connectivity index (χ0v) is 14.2. The summed E-state index contributed by atoms with van der Waals surface area (Å²) in [6.45, 7) is 4.87. The second-order valence-electron chi connectivity index (χ2n) is 4.64. The number of benzene rings is 2. The Hall–Kier alpha value is -1.52. The second-order valence-corrected chi connectivity index (χ2v) is 5.90. The molecule has 0 unspecified atom stereocenters. The highest BCUT2D eigenvalue weighted by Crippen LogP contribution is 2.26. The maximum atomic E-state index is 12.2. The summed E-state index contributed by atoms with van der Waals surface area (Å²) in [7, 11) is 0. The van der Waals surface area contributed by atoms with Gasteiger partial charge in [0.15, 0.2) is 0 Å². The van der Waals surface area contributed by atoms with E-state index in [1.54, 1.807) is 24.3 Å². The molecule has 1 amide bonds. The lowest BCUT2D eigenvalue weighted by atomic mass is 10.1. The highest BCUT2D eigenvalue weighted by molar-refractivity contribution is 9.10. The lowest BCUT2D eigenvalue weighted by Gasteiger charge is -2.10. The molecule has 110 valence electrons. The highest BCUT2D eigenvalue weighted by Gasteiger charge is 2.09. The summed E-state index contributed by atoms with van der Waals surface area (Å²) >= 11 is 9.34. The first kappa shape index (κ1) is 15.9. The minimum absolute atomic E-state index is 0.153.